The molecule has 6 heteroatoms. The molecule has 4 rings (SSSR count). The molecule has 0 saturated carbocycles. The highest BCUT2D eigenvalue weighted by Crippen LogP contribution is 2.42. The van der Waals surface area contributed by atoms with Gasteiger partial charge in [-0.3, -0.25) is 9.59 Å². The fraction of sp³-hybridized carbons (Fsp3) is 0.261. The number of benzene rings is 2. The molecule has 0 aliphatic carbocycles. The average molecular weight is 406 g/mol. The average Bonchev–Trinajstić information content (AvgIpc) is 3.14. The monoisotopic (exact) mass is 405 g/mol. The third-order valence-electron chi connectivity index (χ3n) is 5.41. The molecule has 1 aliphatic heterocycles. The summed E-state index contributed by atoms with van der Waals surface area (Å²) in [7, 11) is 0. The van der Waals surface area contributed by atoms with Crippen molar-refractivity contribution in [3.05, 3.63) is 76.8 Å². The van der Waals surface area contributed by atoms with E-state index in [1.54, 1.807) is 13.1 Å². The van der Waals surface area contributed by atoms with Gasteiger partial charge in [0.2, 0.25) is 5.91 Å². The van der Waals surface area contributed by atoms with Gasteiger partial charge in [0.15, 0.2) is 0 Å². The molecule has 3 aromatic rings. The molecule has 148 valence electrons. The van der Waals surface area contributed by atoms with Gasteiger partial charge in [-0.05, 0) is 61.1 Å². The first-order valence-corrected chi connectivity index (χ1v) is 10.4. The number of carbonyl (C=O) groups is 2. The molecule has 2 heterocycles. The number of aryl methyl sites for hydroxylation is 1. The summed E-state index contributed by atoms with van der Waals surface area (Å²) in [4.78, 5) is 30.4. The van der Waals surface area contributed by atoms with Gasteiger partial charge in [0.1, 0.15) is 4.88 Å². The number of anilines is 2. The van der Waals surface area contributed by atoms with E-state index in [1.165, 1.54) is 11.5 Å². The highest BCUT2D eigenvalue weighted by atomic mass is 32.1. The maximum atomic E-state index is 13.4. The van der Waals surface area contributed by atoms with E-state index in [0.717, 1.165) is 22.5 Å². The van der Waals surface area contributed by atoms with Gasteiger partial charge >= 0.3 is 0 Å². The number of hydrogen-bond acceptors (Lipinski definition) is 4. The van der Waals surface area contributed by atoms with Crippen LogP contribution in [-0.2, 0) is 4.79 Å². The van der Waals surface area contributed by atoms with E-state index >= 15 is 0 Å². The Hall–Kier alpha value is -2.99. The van der Waals surface area contributed by atoms with E-state index in [1.807, 2.05) is 78.2 Å². The first-order chi connectivity index (χ1) is 14.0. The lowest BCUT2D eigenvalue weighted by molar-refractivity contribution is -0.117. The predicted octanol–water partition coefficient (Wildman–Crippen LogP) is 4.98. The summed E-state index contributed by atoms with van der Waals surface area (Å²) >= 11 is 1.23. The minimum absolute atomic E-state index is 0.0127. The number of carbonyl (C=O) groups excluding carboxylic acids is 2. The van der Waals surface area contributed by atoms with Crippen molar-refractivity contribution < 1.29 is 9.59 Å². The molecular weight excluding hydrogens is 382 g/mol. The number of hydrogen-bond donors (Lipinski definition) is 0. The van der Waals surface area contributed by atoms with Gasteiger partial charge in [-0.25, -0.2) is 4.37 Å². The van der Waals surface area contributed by atoms with Crippen LogP contribution in [0.25, 0.3) is 0 Å². The Morgan fingerprint density at radius 2 is 1.79 bits per heavy atom. The molecule has 0 radical (unpaired) electrons. The zero-order valence-corrected chi connectivity index (χ0v) is 17.5. The smallest absolute Gasteiger partial charge is 0.270 e. The third kappa shape index (κ3) is 3.44. The lowest BCUT2D eigenvalue weighted by Crippen LogP contribution is -2.47. The van der Waals surface area contributed by atoms with Crippen LogP contribution in [0, 0.1) is 6.92 Å². The maximum absolute atomic E-state index is 13.4. The van der Waals surface area contributed by atoms with Gasteiger partial charge in [0.05, 0.1) is 6.04 Å². The number of fused-ring (bicyclic) bond motifs is 1. The van der Waals surface area contributed by atoms with Crippen LogP contribution in [0.5, 0.6) is 0 Å². The summed E-state index contributed by atoms with van der Waals surface area (Å²) < 4.78 is 4.17. The molecule has 2 aromatic carbocycles. The molecule has 0 saturated heterocycles. The fourth-order valence-corrected chi connectivity index (χ4v) is 4.80. The molecule has 0 spiro atoms. The van der Waals surface area contributed by atoms with Crippen molar-refractivity contribution in [3.8, 4) is 0 Å². The van der Waals surface area contributed by atoms with Crippen molar-refractivity contribution in [1.82, 2.24) is 4.37 Å². The summed E-state index contributed by atoms with van der Waals surface area (Å²) in [5.41, 5.74) is 3.60. The standard InChI is InChI=1S/C23H23N3O2S/c1-15-14-24-29-22(15)23(28)25-16(2)13-21(19-11-7-8-12-20(19)25)26(17(3)27)18-9-5-4-6-10-18/h4-12,14,16,21H,13H2,1-3H3/t16-,21+/m1/s1. The highest BCUT2D eigenvalue weighted by Gasteiger charge is 2.38. The molecule has 5 nitrogen and oxygen atoms in total. The van der Waals surface area contributed by atoms with Crippen molar-refractivity contribution in [2.75, 3.05) is 9.80 Å². The number of amides is 2. The largest absolute Gasteiger partial charge is 0.305 e. The number of rotatable bonds is 3. The molecular formula is C23H23N3O2S. The molecule has 0 fully saturated rings. The number of nitrogens with zero attached hydrogens (tertiary/aromatic N) is 3. The van der Waals surface area contributed by atoms with Gasteiger partial charge in [0.25, 0.3) is 5.91 Å². The molecule has 0 unspecified atom stereocenters. The van der Waals surface area contributed by atoms with Gasteiger partial charge in [0, 0.05) is 30.5 Å². The van der Waals surface area contributed by atoms with Crippen LogP contribution in [0.4, 0.5) is 11.4 Å². The van der Waals surface area contributed by atoms with Crippen molar-refractivity contribution in [2.24, 2.45) is 0 Å². The van der Waals surface area contributed by atoms with Crippen LogP contribution >= 0.6 is 11.5 Å². The SMILES string of the molecule is CC(=O)N(c1ccccc1)[C@H]1C[C@@H](C)N(C(=O)c2sncc2C)c2ccccc21. The van der Waals surface area contributed by atoms with Crippen molar-refractivity contribution >= 4 is 34.7 Å². The van der Waals surface area contributed by atoms with E-state index in [-0.39, 0.29) is 23.9 Å². The van der Waals surface area contributed by atoms with E-state index in [0.29, 0.717) is 11.3 Å². The second-order valence-corrected chi connectivity index (χ2v) is 8.20. The Labute approximate surface area is 174 Å². The van der Waals surface area contributed by atoms with Crippen molar-refractivity contribution in [1.29, 1.82) is 0 Å². The Balaban J connectivity index is 1.80. The molecule has 2 atom stereocenters. The van der Waals surface area contributed by atoms with Gasteiger partial charge < -0.3 is 9.80 Å². The van der Waals surface area contributed by atoms with Gasteiger partial charge in [-0.2, -0.15) is 0 Å². The fourth-order valence-electron chi connectivity index (χ4n) is 4.11. The van der Waals surface area contributed by atoms with Crippen LogP contribution in [0.15, 0.2) is 60.8 Å². The van der Waals surface area contributed by atoms with E-state index in [9.17, 15) is 9.59 Å². The minimum atomic E-state index is -0.132. The topological polar surface area (TPSA) is 53.5 Å². The Bertz CT molecular complexity index is 1050. The maximum Gasteiger partial charge on any atom is 0.270 e. The summed E-state index contributed by atoms with van der Waals surface area (Å²) in [5.74, 6) is -0.0428. The summed E-state index contributed by atoms with van der Waals surface area (Å²) in [5, 5.41) is 0. The van der Waals surface area contributed by atoms with Crippen molar-refractivity contribution in [3.63, 3.8) is 0 Å². The Morgan fingerprint density at radius 3 is 2.45 bits per heavy atom. The minimum Gasteiger partial charge on any atom is -0.305 e. The normalized spacial score (nSPS) is 18.2. The van der Waals surface area contributed by atoms with Gasteiger partial charge in [-0.1, -0.05) is 36.4 Å². The predicted molar refractivity (Wildman–Crippen MR) is 117 cm³/mol. The van der Waals surface area contributed by atoms with Gasteiger partial charge in [-0.15, -0.1) is 0 Å². The number of aromatic nitrogens is 1. The zero-order valence-electron chi connectivity index (χ0n) is 16.7. The number of para-hydroxylation sites is 2. The second-order valence-electron chi connectivity index (χ2n) is 7.40. The summed E-state index contributed by atoms with van der Waals surface area (Å²) in [6.07, 6.45) is 2.39. The lowest BCUT2D eigenvalue weighted by Gasteiger charge is -2.43. The van der Waals surface area contributed by atoms with Crippen LogP contribution in [0.1, 0.15) is 47.1 Å². The zero-order chi connectivity index (χ0) is 20.5. The van der Waals surface area contributed by atoms with Crippen LogP contribution in [0.2, 0.25) is 0 Å². The molecule has 1 aromatic heterocycles. The molecule has 0 N–H and O–H groups in total. The second kappa shape index (κ2) is 7.79. The lowest BCUT2D eigenvalue weighted by atomic mass is 9.89. The van der Waals surface area contributed by atoms with E-state index < -0.39 is 0 Å². The van der Waals surface area contributed by atoms with Crippen LogP contribution in [-0.4, -0.2) is 22.2 Å². The molecule has 2 amide bonds. The molecule has 29 heavy (non-hydrogen) atoms. The third-order valence-corrected chi connectivity index (χ3v) is 6.30. The van der Waals surface area contributed by atoms with E-state index in [4.69, 9.17) is 0 Å². The van der Waals surface area contributed by atoms with Crippen molar-refractivity contribution in [2.45, 2.75) is 39.3 Å². The first kappa shape index (κ1) is 19.3. The summed E-state index contributed by atoms with van der Waals surface area (Å²) in [6.45, 7) is 5.55. The molecule has 0 bridgehead atoms. The quantitative estimate of drug-likeness (QED) is 0.617. The first-order valence-electron chi connectivity index (χ1n) is 9.67. The Morgan fingerprint density at radius 1 is 1.10 bits per heavy atom. The Kier molecular flexibility index (Phi) is 5.20. The summed E-state index contributed by atoms with van der Waals surface area (Å²) in [6, 6.07) is 17.4. The van der Waals surface area contributed by atoms with Crippen LogP contribution in [0.3, 0.4) is 0 Å². The molecule has 1 aliphatic rings. The van der Waals surface area contributed by atoms with E-state index in [2.05, 4.69) is 4.37 Å². The van der Waals surface area contributed by atoms with Crippen LogP contribution < -0.4 is 9.80 Å². The highest BCUT2D eigenvalue weighted by molar-refractivity contribution is 7.08.